The normalized spacial score (nSPS) is 16.5. The topological polar surface area (TPSA) is 6.48 Å². The van der Waals surface area contributed by atoms with Crippen LogP contribution in [-0.2, 0) is 6.54 Å². The maximum absolute atomic E-state index is 2.61. The lowest BCUT2D eigenvalue weighted by atomic mass is 10.0. The van der Waals surface area contributed by atoms with Gasteiger partial charge in [-0.15, -0.1) is 0 Å². The fourth-order valence-electron chi connectivity index (χ4n) is 4.43. The largest absolute Gasteiger partial charge is 0.297 e. The number of rotatable bonds is 10. The molecule has 0 spiro atoms. The third kappa shape index (κ3) is 8.07. The summed E-state index contributed by atoms with van der Waals surface area (Å²) in [5.41, 5.74) is 5.93. The van der Waals surface area contributed by atoms with E-state index in [1.165, 1.54) is 58.7 Å². The molecule has 0 unspecified atom stereocenters. The summed E-state index contributed by atoms with van der Waals surface area (Å²) in [6.07, 6.45) is 11.9. The fourth-order valence-corrected chi connectivity index (χ4v) is 4.43. The van der Waals surface area contributed by atoms with Crippen LogP contribution in [0.5, 0.6) is 0 Å². The van der Waals surface area contributed by atoms with Crippen molar-refractivity contribution in [1.82, 2.24) is 9.80 Å². The second kappa shape index (κ2) is 12.8. The van der Waals surface area contributed by atoms with Crippen LogP contribution >= 0.6 is 0 Å². The quantitative estimate of drug-likeness (QED) is 0.363. The average Bonchev–Trinajstić information content (AvgIpc) is 2.78. The minimum atomic E-state index is 1.06. The van der Waals surface area contributed by atoms with Gasteiger partial charge in [0.25, 0.3) is 0 Å². The molecule has 3 rings (SSSR count). The van der Waals surface area contributed by atoms with Crippen LogP contribution in [0.25, 0.3) is 10.8 Å². The summed E-state index contributed by atoms with van der Waals surface area (Å²) in [5.74, 6) is 0. The SMILES string of the molecule is CC(C)=CCC/C(C)=C/CC/C(C)=C/CN1CCN(Cc2cccc3ccccc23)CC1. The summed E-state index contributed by atoms with van der Waals surface area (Å²) in [6.45, 7) is 15.7. The Bertz CT molecular complexity index is 933. The van der Waals surface area contributed by atoms with E-state index in [1.54, 1.807) is 0 Å². The van der Waals surface area contributed by atoms with Gasteiger partial charge in [0.05, 0.1) is 0 Å². The fraction of sp³-hybridized carbons (Fsp3) is 0.467. The number of nitrogens with zero attached hydrogens (tertiary/aromatic N) is 2. The Kier molecular flexibility index (Phi) is 9.77. The summed E-state index contributed by atoms with van der Waals surface area (Å²) >= 11 is 0. The van der Waals surface area contributed by atoms with Crippen molar-refractivity contribution in [3.63, 3.8) is 0 Å². The van der Waals surface area contributed by atoms with Crippen molar-refractivity contribution in [2.24, 2.45) is 0 Å². The molecule has 1 fully saturated rings. The predicted octanol–water partition coefficient (Wildman–Crippen LogP) is 7.38. The number of allylic oxidation sites excluding steroid dienone is 5. The van der Waals surface area contributed by atoms with Gasteiger partial charge in [-0.25, -0.2) is 0 Å². The van der Waals surface area contributed by atoms with Gasteiger partial charge < -0.3 is 0 Å². The van der Waals surface area contributed by atoms with Crippen LogP contribution in [0.2, 0.25) is 0 Å². The molecule has 0 saturated carbocycles. The molecule has 0 aliphatic carbocycles. The van der Waals surface area contributed by atoms with E-state index >= 15 is 0 Å². The Labute approximate surface area is 196 Å². The Hall–Kier alpha value is -2.16. The highest BCUT2D eigenvalue weighted by Gasteiger charge is 2.16. The molecule has 2 aromatic carbocycles. The van der Waals surface area contributed by atoms with E-state index < -0.39 is 0 Å². The highest BCUT2D eigenvalue weighted by atomic mass is 15.3. The van der Waals surface area contributed by atoms with Crippen LogP contribution in [0, 0.1) is 0 Å². The van der Waals surface area contributed by atoms with Gasteiger partial charge in [-0.1, -0.05) is 77.4 Å². The lowest BCUT2D eigenvalue weighted by Crippen LogP contribution is -2.45. The first-order chi connectivity index (χ1) is 15.5. The van der Waals surface area contributed by atoms with Gasteiger partial charge in [0.2, 0.25) is 0 Å². The van der Waals surface area contributed by atoms with E-state index in [4.69, 9.17) is 0 Å². The Morgan fingerprint density at radius 1 is 0.719 bits per heavy atom. The van der Waals surface area contributed by atoms with Crippen LogP contribution < -0.4 is 0 Å². The molecule has 0 atom stereocenters. The minimum Gasteiger partial charge on any atom is -0.297 e. The smallest absolute Gasteiger partial charge is 0.0240 e. The van der Waals surface area contributed by atoms with Crippen LogP contribution in [0.3, 0.4) is 0 Å². The van der Waals surface area contributed by atoms with Crippen molar-refractivity contribution in [3.8, 4) is 0 Å². The second-order valence-corrected chi connectivity index (χ2v) is 9.67. The zero-order valence-electron chi connectivity index (χ0n) is 20.7. The first-order valence-corrected chi connectivity index (χ1v) is 12.4. The van der Waals surface area contributed by atoms with Gasteiger partial charge in [0.15, 0.2) is 0 Å². The zero-order valence-corrected chi connectivity index (χ0v) is 20.7. The lowest BCUT2D eigenvalue weighted by molar-refractivity contribution is 0.137. The second-order valence-electron chi connectivity index (χ2n) is 9.67. The minimum absolute atomic E-state index is 1.06. The molecule has 1 heterocycles. The third-order valence-electron chi connectivity index (χ3n) is 6.56. The molecule has 0 radical (unpaired) electrons. The lowest BCUT2D eigenvalue weighted by Gasteiger charge is -2.34. The molecular formula is C30H42N2. The first kappa shape index (κ1) is 24.5. The standard InChI is InChI=1S/C30H42N2/c1-25(2)10-7-11-26(3)12-8-13-27(4)18-19-31-20-22-32(23-21-31)24-29-16-9-15-28-14-5-6-17-30(28)29/h5-6,9-10,12,14-18H,7-8,11,13,19-24H2,1-4H3/b26-12+,27-18+. The summed E-state index contributed by atoms with van der Waals surface area (Å²) in [5, 5.41) is 2.75. The van der Waals surface area contributed by atoms with E-state index in [1.807, 2.05) is 0 Å². The number of fused-ring (bicyclic) bond motifs is 1. The molecule has 2 aromatic rings. The molecule has 0 amide bonds. The number of benzene rings is 2. The number of hydrogen-bond donors (Lipinski definition) is 0. The molecule has 1 aliphatic rings. The number of hydrogen-bond acceptors (Lipinski definition) is 2. The summed E-state index contributed by atoms with van der Waals surface area (Å²) in [6, 6.07) is 15.5. The van der Waals surface area contributed by atoms with Crippen molar-refractivity contribution in [3.05, 3.63) is 83.0 Å². The van der Waals surface area contributed by atoms with Crippen molar-refractivity contribution < 1.29 is 0 Å². The summed E-state index contributed by atoms with van der Waals surface area (Å²) in [7, 11) is 0. The molecule has 0 N–H and O–H groups in total. The van der Waals surface area contributed by atoms with Gasteiger partial charge in [0.1, 0.15) is 0 Å². The van der Waals surface area contributed by atoms with Gasteiger partial charge in [0, 0.05) is 39.3 Å². The molecule has 0 bridgehead atoms. The third-order valence-corrected chi connectivity index (χ3v) is 6.56. The highest BCUT2D eigenvalue weighted by Crippen LogP contribution is 2.20. The van der Waals surface area contributed by atoms with Gasteiger partial charge >= 0.3 is 0 Å². The maximum atomic E-state index is 2.61. The molecular weight excluding hydrogens is 388 g/mol. The predicted molar refractivity (Wildman–Crippen MR) is 141 cm³/mol. The van der Waals surface area contributed by atoms with Crippen LogP contribution in [0.4, 0.5) is 0 Å². The van der Waals surface area contributed by atoms with Crippen molar-refractivity contribution >= 4 is 10.8 Å². The van der Waals surface area contributed by atoms with Gasteiger partial charge in [-0.05, 0) is 69.7 Å². The van der Waals surface area contributed by atoms with Crippen molar-refractivity contribution in [2.75, 3.05) is 32.7 Å². The highest BCUT2D eigenvalue weighted by molar-refractivity contribution is 5.85. The van der Waals surface area contributed by atoms with Crippen LogP contribution in [0.15, 0.2) is 77.4 Å². The summed E-state index contributed by atoms with van der Waals surface area (Å²) < 4.78 is 0. The monoisotopic (exact) mass is 430 g/mol. The van der Waals surface area contributed by atoms with Crippen LogP contribution in [-0.4, -0.2) is 42.5 Å². The maximum Gasteiger partial charge on any atom is 0.0240 e. The Balaban J connectivity index is 1.38. The molecule has 1 saturated heterocycles. The Morgan fingerprint density at radius 2 is 1.34 bits per heavy atom. The van der Waals surface area contributed by atoms with Gasteiger partial charge in [-0.3, -0.25) is 9.80 Å². The molecule has 32 heavy (non-hydrogen) atoms. The van der Waals surface area contributed by atoms with Crippen LogP contribution in [0.1, 0.15) is 58.9 Å². The van der Waals surface area contributed by atoms with E-state index in [9.17, 15) is 0 Å². The molecule has 172 valence electrons. The van der Waals surface area contributed by atoms with Crippen molar-refractivity contribution in [2.45, 2.75) is 59.9 Å². The van der Waals surface area contributed by atoms with E-state index in [-0.39, 0.29) is 0 Å². The van der Waals surface area contributed by atoms with E-state index in [0.717, 1.165) is 39.3 Å². The molecule has 2 nitrogen and oxygen atoms in total. The van der Waals surface area contributed by atoms with Gasteiger partial charge in [-0.2, -0.15) is 0 Å². The molecule has 2 heteroatoms. The zero-order chi connectivity index (χ0) is 22.8. The van der Waals surface area contributed by atoms with Crippen molar-refractivity contribution in [1.29, 1.82) is 0 Å². The molecule has 0 aromatic heterocycles. The molecule has 1 aliphatic heterocycles. The Morgan fingerprint density at radius 3 is 2.09 bits per heavy atom. The number of piperazine rings is 1. The first-order valence-electron chi connectivity index (χ1n) is 12.4. The van der Waals surface area contributed by atoms with E-state index in [0.29, 0.717) is 0 Å². The summed E-state index contributed by atoms with van der Waals surface area (Å²) in [4.78, 5) is 5.21. The van der Waals surface area contributed by atoms with E-state index in [2.05, 4.69) is 98.2 Å². The average molecular weight is 431 g/mol.